The van der Waals surface area contributed by atoms with E-state index in [1.54, 1.807) is 6.92 Å². The first-order valence-electron chi connectivity index (χ1n) is 8.99. The third-order valence-electron chi connectivity index (χ3n) is 4.68. The lowest BCUT2D eigenvalue weighted by Gasteiger charge is -2.21. The van der Waals surface area contributed by atoms with Gasteiger partial charge in [0.05, 0.1) is 12.2 Å². The predicted octanol–water partition coefficient (Wildman–Crippen LogP) is 1.86. The Labute approximate surface area is 153 Å². The molecule has 2 unspecified atom stereocenters. The summed E-state index contributed by atoms with van der Waals surface area (Å²) in [7, 11) is 0. The number of nitrogens with one attached hydrogen (secondary N) is 1. The van der Waals surface area contributed by atoms with E-state index in [0.29, 0.717) is 42.4 Å². The summed E-state index contributed by atoms with van der Waals surface area (Å²) in [4.78, 5) is 34.0. The third-order valence-corrected chi connectivity index (χ3v) is 4.68. The highest BCUT2D eigenvalue weighted by molar-refractivity contribution is 5.88. The van der Waals surface area contributed by atoms with Crippen LogP contribution < -0.4 is 10.2 Å². The van der Waals surface area contributed by atoms with E-state index < -0.39 is 11.6 Å². The van der Waals surface area contributed by atoms with Crippen molar-refractivity contribution in [1.82, 2.24) is 15.3 Å². The number of alkyl carbamates (subject to hydrolysis) is 1. The van der Waals surface area contributed by atoms with Gasteiger partial charge in [-0.1, -0.05) is 0 Å². The predicted molar refractivity (Wildman–Crippen MR) is 94.9 cm³/mol. The lowest BCUT2D eigenvalue weighted by molar-refractivity contribution is 0.0513. The van der Waals surface area contributed by atoms with Crippen molar-refractivity contribution >= 4 is 18.0 Å². The van der Waals surface area contributed by atoms with Gasteiger partial charge < -0.3 is 19.7 Å². The summed E-state index contributed by atoms with van der Waals surface area (Å²) in [6, 6.07) is 0. The third kappa shape index (κ3) is 4.23. The molecule has 2 heterocycles. The van der Waals surface area contributed by atoms with Crippen molar-refractivity contribution in [3.63, 3.8) is 0 Å². The molecule has 2 fully saturated rings. The zero-order chi connectivity index (χ0) is 18.9. The van der Waals surface area contributed by atoms with Crippen molar-refractivity contribution in [3.05, 3.63) is 18.0 Å². The van der Waals surface area contributed by atoms with E-state index in [-0.39, 0.29) is 6.09 Å². The van der Waals surface area contributed by atoms with Crippen molar-refractivity contribution in [2.24, 2.45) is 17.8 Å². The first kappa shape index (κ1) is 18.4. The normalized spacial score (nSPS) is 24.0. The molecule has 1 saturated heterocycles. The van der Waals surface area contributed by atoms with Crippen LogP contribution in [-0.2, 0) is 9.47 Å². The van der Waals surface area contributed by atoms with E-state index in [2.05, 4.69) is 20.2 Å². The zero-order valence-electron chi connectivity index (χ0n) is 15.7. The maximum atomic E-state index is 11.7. The van der Waals surface area contributed by atoms with Gasteiger partial charge in [0.15, 0.2) is 0 Å². The number of ether oxygens (including phenoxy) is 2. The van der Waals surface area contributed by atoms with Gasteiger partial charge in [-0.2, -0.15) is 0 Å². The van der Waals surface area contributed by atoms with Gasteiger partial charge in [0.25, 0.3) is 0 Å². The highest BCUT2D eigenvalue weighted by atomic mass is 16.6. The van der Waals surface area contributed by atoms with Gasteiger partial charge in [0.1, 0.15) is 5.60 Å². The molecule has 1 N–H and O–H groups in total. The summed E-state index contributed by atoms with van der Waals surface area (Å²) < 4.78 is 10.2. The number of rotatable bonds is 5. The standard InChI is InChI=1S/C18H26N4O4/c1-5-25-15(23)11-6-19-16(20-7-11)22-9-13-12(14(13)10-22)8-21-17(24)26-18(2,3)4/h6-7,12-14H,5,8-10H2,1-4H3,(H,21,24). The molecule has 3 rings (SSSR count). The van der Waals surface area contributed by atoms with Crippen LogP contribution in [0.15, 0.2) is 12.4 Å². The fourth-order valence-electron chi connectivity index (χ4n) is 3.44. The Morgan fingerprint density at radius 3 is 2.38 bits per heavy atom. The van der Waals surface area contributed by atoms with Crippen LogP contribution in [0.4, 0.5) is 10.7 Å². The highest BCUT2D eigenvalue weighted by Crippen LogP contribution is 2.51. The molecule has 2 aliphatic rings. The molecule has 2 atom stereocenters. The van der Waals surface area contributed by atoms with Crippen molar-refractivity contribution in [3.8, 4) is 0 Å². The van der Waals surface area contributed by atoms with Gasteiger partial charge >= 0.3 is 12.1 Å². The molecule has 0 spiro atoms. The number of fused-ring (bicyclic) bond motifs is 1. The highest BCUT2D eigenvalue weighted by Gasteiger charge is 2.55. The molecule has 0 aromatic carbocycles. The summed E-state index contributed by atoms with van der Waals surface area (Å²) in [6.45, 7) is 10.0. The second kappa shape index (κ2) is 7.09. The van der Waals surface area contributed by atoms with Gasteiger partial charge in [-0.3, -0.25) is 0 Å². The van der Waals surface area contributed by atoms with Gasteiger partial charge in [0, 0.05) is 32.0 Å². The molecule has 142 valence electrons. The first-order chi connectivity index (χ1) is 12.3. The van der Waals surface area contributed by atoms with Crippen LogP contribution in [0.5, 0.6) is 0 Å². The molecular formula is C18H26N4O4. The van der Waals surface area contributed by atoms with E-state index in [1.165, 1.54) is 12.4 Å². The van der Waals surface area contributed by atoms with Crippen LogP contribution in [-0.4, -0.2) is 53.9 Å². The lowest BCUT2D eigenvalue weighted by atomic mass is 10.2. The van der Waals surface area contributed by atoms with Crippen LogP contribution in [0.2, 0.25) is 0 Å². The number of esters is 1. The molecule has 1 aromatic rings. The van der Waals surface area contributed by atoms with Crippen molar-refractivity contribution in [1.29, 1.82) is 0 Å². The molecule has 1 aromatic heterocycles. The fourth-order valence-corrected chi connectivity index (χ4v) is 3.44. The van der Waals surface area contributed by atoms with E-state index in [0.717, 1.165) is 13.1 Å². The van der Waals surface area contributed by atoms with E-state index in [9.17, 15) is 9.59 Å². The van der Waals surface area contributed by atoms with Gasteiger partial charge in [-0.05, 0) is 45.4 Å². The number of amides is 1. The summed E-state index contributed by atoms with van der Waals surface area (Å²) >= 11 is 0. The van der Waals surface area contributed by atoms with Crippen LogP contribution in [0, 0.1) is 17.8 Å². The Morgan fingerprint density at radius 2 is 1.85 bits per heavy atom. The number of hydrogen-bond donors (Lipinski definition) is 1. The monoisotopic (exact) mass is 362 g/mol. The Bertz CT molecular complexity index is 659. The van der Waals surface area contributed by atoms with Crippen molar-refractivity contribution in [2.75, 3.05) is 31.1 Å². The van der Waals surface area contributed by atoms with Crippen molar-refractivity contribution in [2.45, 2.75) is 33.3 Å². The summed E-state index contributed by atoms with van der Waals surface area (Å²) in [6.07, 6.45) is 2.65. The summed E-state index contributed by atoms with van der Waals surface area (Å²) in [5, 5.41) is 2.85. The SMILES string of the molecule is CCOC(=O)c1cnc(N2CC3C(CNC(=O)OC(C)(C)C)C3C2)nc1. The molecule has 1 aliphatic carbocycles. The number of aromatic nitrogens is 2. The minimum atomic E-state index is -0.479. The number of piperidine rings is 1. The first-order valence-corrected chi connectivity index (χ1v) is 8.99. The smallest absolute Gasteiger partial charge is 0.407 e. The van der Waals surface area contributed by atoms with Gasteiger partial charge in [-0.25, -0.2) is 19.6 Å². The number of carbonyl (C=O) groups is 2. The molecular weight excluding hydrogens is 336 g/mol. The second-order valence-electron chi connectivity index (χ2n) is 7.77. The Morgan fingerprint density at radius 1 is 1.23 bits per heavy atom. The molecule has 0 radical (unpaired) electrons. The minimum Gasteiger partial charge on any atom is -0.462 e. The van der Waals surface area contributed by atoms with E-state index in [1.807, 2.05) is 20.8 Å². The molecule has 1 aliphatic heterocycles. The molecule has 26 heavy (non-hydrogen) atoms. The van der Waals surface area contributed by atoms with Crippen LogP contribution in [0.25, 0.3) is 0 Å². The average Bonchev–Trinajstić information content (AvgIpc) is 3.01. The number of anilines is 1. The fraction of sp³-hybridized carbons (Fsp3) is 0.667. The van der Waals surface area contributed by atoms with E-state index in [4.69, 9.17) is 9.47 Å². The second-order valence-corrected chi connectivity index (χ2v) is 7.77. The van der Waals surface area contributed by atoms with Crippen LogP contribution in [0.3, 0.4) is 0 Å². The quantitative estimate of drug-likeness (QED) is 0.799. The maximum Gasteiger partial charge on any atom is 0.407 e. The number of carbonyl (C=O) groups excluding carboxylic acids is 2. The van der Waals surface area contributed by atoms with Crippen LogP contribution in [0.1, 0.15) is 38.1 Å². The van der Waals surface area contributed by atoms with Crippen LogP contribution >= 0.6 is 0 Å². The zero-order valence-corrected chi connectivity index (χ0v) is 15.7. The lowest BCUT2D eigenvalue weighted by Crippen LogP contribution is -2.35. The molecule has 0 bridgehead atoms. The molecule has 8 heteroatoms. The Balaban J connectivity index is 1.44. The van der Waals surface area contributed by atoms with Gasteiger partial charge in [-0.15, -0.1) is 0 Å². The Kier molecular flexibility index (Phi) is 5.02. The number of hydrogen-bond acceptors (Lipinski definition) is 7. The summed E-state index contributed by atoms with van der Waals surface area (Å²) in [5.74, 6) is 1.79. The van der Waals surface area contributed by atoms with E-state index >= 15 is 0 Å². The molecule has 8 nitrogen and oxygen atoms in total. The largest absolute Gasteiger partial charge is 0.462 e. The summed E-state index contributed by atoms with van der Waals surface area (Å²) in [5.41, 5.74) is -0.118. The maximum absolute atomic E-state index is 11.7. The number of nitrogens with zero attached hydrogens (tertiary/aromatic N) is 3. The molecule has 1 saturated carbocycles. The minimum absolute atomic E-state index is 0.328. The van der Waals surface area contributed by atoms with Gasteiger partial charge in [0.2, 0.25) is 5.95 Å². The Hall–Kier alpha value is -2.38. The van der Waals surface area contributed by atoms with Crippen molar-refractivity contribution < 1.29 is 19.1 Å². The topological polar surface area (TPSA) is 93.7 Å². The average molecular weight is 362 g/mol. The molecule has 1 amide bonds.